The van der Waals surface area contributed by atoms with Crippen molar-refractivity contribution in [2.75, 3.05) is 32.7 Å². The van der Waals surface area contributed by atoms with Gasteiger partial charge >= 0.3 is 0 Å². The summed E-state index contributed by atoms with van der Waals surface area (Å²) in [5, 5.41) is 0.424. The number of nitrogens with zero attached hydrogens (tertiary/aromatic N) is 3. The molecule has 0 aliphatic carbocycles. The monoisotopic (exact) mass is 307 g/mol. The summed E-state index contributed by atoms with van der Waals surface area (Å²) in [5.74, 6) is 0.00599. The first-order valence-corrected chi connectivity index (χ1v) is 7.70. The van der Waals surface area contributed by atoms with Crippen molar-refractivity contribution in [3.8, 4) is 0 Å². The van der Waals surface area contributed by atoms with Gasteiger partial charge in [-0.25, -0.2) is 0 Å². The molecule has 1 aromatic heterocycles. The molecule has 1 aromatic rings. The lowest BCUT2D eigenvalue weighted by Gasteiger charge is -2.21. The van der Waals surface area contributed by atoms with Crippen molar-refractivity contribution in [1.29, 1.82) is 0 Å². The second-order valence-corrected chi connectivity index (χ2v) is 5.99. The lowest BCUT2D eigenvalue weighted by atomic mass is 10.2. The molecule has 2 rings (SSSR count). The average Bonchev–Trinajstić information content (AvgIpc) is 2.70. The minimum atomic E-state index is 0.00599. The third-order valence-corrected chi connectivity index (χ3v) is 3.94. The normalized spacial score (nSPS) is 16.4. The smallest absolute Gasteiger partial charge is 0.255 e. The maximum Gasteiger partial charge on any atom is 0.255 e. The minimum absolute atomic E-state index is 0.00599. The molecule has 21 heavy (non-hydrogen) atoms. The Morgan fingerprint density at radius 2 is 2.14 bits per heavy atom. The van der Waals surface area contributed by atoms with Gasteiger partial charge in [-0.1, -0.05) is 23.3 Å². The Bertz CT molecular complexity index is 526. The molecule has 0 radical (unpaired) electrons. The third kappa shape index (κ3) is 4.55. The number of halogens is 1. The van der Waals surface area contributed by atoms with Gasteiger partial charge in [0.2, 0.25) is 0 Å². The highest BCUT2D eigenvalue weighted by Crippen LogP contribution is 2.17. The van der Waals surface area contributed by atoms with Crippen LogP contribution in [0.25, 0.3) is 0 Å². The summed E-state index contributed by atoms with van der Waals surface area (Å²) in [4.78, 5) is 20.7. The van der Waals surface area contributed by atoms with E-state index in [1.807, 2.05) is 4.90 Å². The van der Waals surface area contributed by atoms with Gasteiger partial charge in [0, 0.05) is 45.1 Å². The molecule has 2 heterocycles. The second-order valence-electron chi connectivity index (χ2n) is 5.58. The molecule has 1 fully saturated rings. The average molecular weight is 308 g/mol. The number of hydrogen-bond acceptors (Lipinski definition) is 3. The maximum atomic E-state index is 12.5. The number of pyridine rings is 1. The van der Waals surface area contributed by atoms with Gasteiger partial charge in [0.15, 0.2) is 0 Å². The summed E-state index contributed by atoms with van der Waals surface area (Å²) in [7, 11) is 0. The topological polar surface area (TPSA) is 36.4 Å². The van der Waals surface area contributed by atoms with Gasteiger partial charge in [0.05, 0.1) is 10.6 Å². The number of allylic oxidation sites excluding steroid dienone is 1. The standard InChI is InChI=1S/C16H22ClN3O/c1-13(2)5-9-19-7-3-8-20(11-10-19)16(21)14-4-6-18-12-15(14)17/h4-6,12H,3,7-11H2,1-2H3. The molecule has 1 aliphatic heterocycles. The SMILES string of the molecule is CC(C)=CCN1CCCN(C(=O)c2ccncc2Cl)CC1. The van der Waals surface area contributed by atoms with Crippen molar-refractivity contribution in [1.82, 2.24) is 14.8 Å². The molecule has 0 aromatic carbocycles. The third-order valence-electron chi connectivity index (χ3n) is 3.64. The molecule has 1 amide bonds. The van der Waals surface area contributed by atoms with E-state index in [-0.39, 0.29) is 5.91 Å². The zero-order valence-corrected chi connectivity index (χ0v) is 13.4. The van der Waals surface area contributed by atoms with Crippen LogP contribution >= 0.6 is 11.6 Å². The van der Waals surface area contributed by atoms with Crippen LogP contribution < -0.4 is 0 Å². The van der Waals surface area contributed by atoms with Gasteiger partial charge in [-0.3, -0.25) is 14.7 Å². The molecule has 0 N–H and O–H groups in total. The van der Waals surface area contributed by atoms with Crippen LogP contribution in [0.15, 0.2) is 30.1 Å². The van der Waals surface area contributed by atoms with E-state index in [0.29, 0.717) is 10.6 Å². The van der Waals surface area contributed by atoms with Crippen LogP contribution in [0.3, 0.4) is 0 Å². The van der Waals surface area contributed by atoms with Crippen LogP contribution in [0.1, 0.15) is 30.6 Å². The van der Waals surface area contributed by atoms with Gasteiger partial charge in [0.25, 0.3) is 5.91 Å². The molecule has 1 saturated heterocycles. The fraction of sp³-hybridized carbons (Fsp3) is 0.500. The molecule has 5 heteroatoms. The van der Waals surface area contributed by atoms with Crippen LogP contribution in [0, 0.1) is 0 Å². The quantitative estimate of drug-likeness (QED) is 0.806. The first-order chi connectivity index (χ1) is 10.1. The molecular formula is C16H22ClN3O. The number of rotatable bonds is 3. The van der Waals surface area contributed by atoms with E-state index in [9.17, 15) is 4.79 Å². The van der Waals surface area contributed by atoms with Gasteiger partial charge in [-0.05, 0) is 26.3 Å². The molecule has 0 unspecified atom stereocenters. The van der Waals surface area contributed by atoms with E-state index in [4.69, 9.17) is 11.6 Å². The first kappa shape index (κ1) is 16.0. The maximum absolute atomic E-state index is 12.5. The number of aromatic nitrogens is 1. The summed E-state index contributed by atoms with van der Waals surface area (Å²) in [6.45, 7) is 8.63. The zero-order chi connectivity index (χ0) is 15.2. The number of amides is 1. The molecule has 1 aliphatic rings. The van der Waals surface area contributed by atoms with E-state index in [2.05, 4.69) is 29.8 Å². The fourth-order valence-electron chi connectivity index (χ4n) is 2.39. The Hall–Kier alpha value is -1.39. The predicted octanol–water partition coefficient (Wildman–Crippen LogP) is 2.85. The Morgan fingerprint density at radius 1 is 1.33 bits per heavy atom. The van der Waals surface area contributed by atoms with Gasteiger partial charge in [0.1, 0.15) is 0 Å². The Balaban J connectivity index is 1.98. The highest BCUT2D eigenvalue weighted by atomic mass is 35.5. The first-order valence-electron chi connectivity index (χ1n) is 7.32. The minimum Gasteiger partial charge on any atom is -0.337 e. The summed E-state index contributed by atoms with van der Waals surface area (Å²) in [6.07, 6.45) is 6.36. The largest absolute Gasteiger partial charge is 0.337 e. The van der Waals surface area contributed by atoms with Gasteiger partial charge in [-0.2, -0.15) is 0 Å². The lowest BCUT2D eigenvalue weighted by Crippen LogP contribution is -2.35. The number of carbonyl (C=O) groups excluding carboxylic acids is 1. The van der Waals surface area contributed by atoms with E-state index < -0.39 is 0 Å². The lowest BCUT2D eigenvalue weighted by molar-refractivity contribution is 0.0762. The van der Waals surface area contributed by atoms with E-state index in [0.717, 1.165) is 39.1 Å². The van der Waals surface area contributed by atoms with Gasteiger partial charge in [-0.15, -0.1) is 0 Å². The molecule has 0 saturated carbocycles. The number of carbonyl (C=O) groups is 1. The van der Waals surface area contributed by atoms with E-state index in [1.165, 1.54) is 11.8 Å². The molecular weight excluding hydrogens is 286 g/mol. The van der Waals surface area contributed by atoms with Crippen molar-refractivity contribution in [3.05, 3.63) is 40.7 Å². The van der Waals surface area contributed by atoms with E-state index >= 15 is 0 Å². The number of hydrogen-bond donors (Lipinski definition) is 0. The Labute approximate surface area is 131 Å². The van der Waals surface area contributed by atoms with Crippen molar-refractivity contribution in [2.24, 2.45) is 0 Å². The molecule has 0 bridgehead atoms. The van der Waals surface area contributed by atoms with Crippen LogP contribution in [-0.4, -0.2) is 53.4 Å². The van der Waals surface area contributed by atoms with Crippen molar-refractivity contribution in [3.63, 3.8) is 0 Å². The van der Waals surface area contributed by atoms with Crippen molar-refractivity contribution in [2.45, 2.75) is 20.3 Å². The fourth-order valence-corrected chi connectivity index (χ4v) is 2.59. The Morgan fingerprint density at radius 3 is 2.86 bits per heavy atom. The molecule has 0 spiro atoms. The zero-order valence-electron chi connectivity index (χ0n) is 12.7. The predicted molar refractivity (Wildman–Crippen MR) is 85.6 cm³/mol. The highest BCUT2D eigenvalue weighted by Gasteiger charge is 2.21. The van der Waals surface area contributed by atoms with Crippen molar-refractivity contribution < 1.29 is 4.79 Å². The highest BCUT2D eigenvalue weighted by molar-refractivity contribution is 6.33. The Kier molecular flexibility index (Phi) is 5.76. The molecule has 4 nitrogen and oxygen atoms in total. The van der Waals surface area contributed by atoms with Gasteiger partial charge < -0.3 is 4.90 Å². The molecule has 0 atom stereocenters. The van der Waals surface area contributed by atoms with Crippen molar-refractivity contribution >= 4 is 17.5 Å². The van der Waals surface area contributed by atoms with Crippen LogP contribution in [-0.2, 0) is 0 Å². The summed E-state index contributed by atoms with van der Waals surface area (Å²) in [6, 6.07) is 1.69. The summed E-state index contributed by atoms with van der Waals surface area (Å²) >= 11 is 6.06. The van der Waals surface area contributed by atoms with E-state index in [1.54, 1.807) is 12.3 Å². The summed E-state index contributed by atoms with van der Waals surface area (Å²) < 4.78 is 0. The van der Waals surface area contributed by atoms with Crippen LogP contribution in [0.5, 0.6) is 0 Å². The molecule has 114 valence electrons. The van der Waals surface area contributed by atoms with Crippen LogP contribution in [0.2, 0.25) is 5.02 Å². The summed E-state index contributed by atoms with van der Waals surface area (Å²) in [5.41, 5.74) is 1.88. The second kappa shape index (κ2) is 7.57. The van der Waals surface area contributed by atoms with Crippen LogP contribution in [0.4, 0.5) is 0 Å².